The number of rotatable bonds is 7. The van der Waals surface area contributed by atoms with Gasteiger partial charge in [0.1, 0.15) is 0 Å². The fourth-order valence-corrected chi connectivity index (χ4v) is 3.10. The van der Waals surface area contributed by atoms with Crippen LogP contribution in [0.5, 0.6) is 0 Å². The van der Waals surface area contributed by atoms with Gasteiger partial charge in [-0.1, -0.05) is 19.3 Å². The number of amides is 2. The van der Waals surface area contributed by atoms with Crippen molar-refractivity contribution in [2.45, 2.75) is 51.2 Å². The van der Waals surface area contributed by atoms with Crippen molar-refractivity contribution in [3.05, 3.63) is 28.7 Å². The average Bonchev–Trinajstić information content (AvgIpc) is 2.60. The fraction of sp³-hybridized carbons (Fsp3) is 0.588. The van der Waals surface area contributed by atoms with Crippen LogP contribution in [0.2, 0.25) is 0 Å². The van der Waals surface area contributed by atoms with Gasteiger partial charge in [0.05, 0.1) is 11.7 Å². The second kappa shape index (κ2) is 8.63. The largest absolute Gasteiger partial charge is 0.381 e. The van der Waals surface area contributed by atoms with Gasteiger partial charge >= 0.3 is 0 Å². The van der Waals surface area contributed by atoms with E-state index >= 15 is 0 Å². The molecule has 0 radical (unpaired) electrons. The van der Waals surface area contributed by atoms with Crippen molar-refractivity contribution < 1.29 is 14.7 Å². The molecule has 1 aliphatic rings. The number of carbonyl (C=O) groups excluding carboxylic acids is 2. The first kappa shape index (κ1) is 18.2. The van der Waals surface area contributed by atoms with Gasteiger partial charge < -0.3 is 20.3 Å². The van der Waals surface area contributed by atoms with Crippen LogP contribution in [0.4, 0.5) is 5.69 Å². The highest BCUT2D eigenvalue weighted by atomic mass is 16.3. The average molecular weight is 335 g/mol. The van der Waals surface area contributed by atoms with Gasteiger partial charge in [-0.25, -0.2) is 0 Å². The van der Waals surface area contributed by atoms with Crippen LogP contribution in [0.25, 0.3) is 0 Å². The Kier molecular flexibility index (Phi) is 6.54. The second-order valence-corrected chi connectivity index (χ2v) is 6.36. The van der Waals surface area contributed by atoms with Crippen LogP contribution in [0.15, 0.2) is 23.1 Å². The molecule has 1 heterocycles. The van der Waals surface area contributed by atoms with Crippen molar-refractivity contribution in [1.29, 1.82) is 0 Å². The number of aromatic amines is 1. The molecule has 24 heavy (non-hydrogen) atoms. The monoisotopic (exact) mass is 335 g/mol. The summed E-state index contributed by atoms with van der Waals surface area (Å²) in [5.41, 5.74) is -0.0248. The summed E-state index contributed by atoms with van der Waals surface area (Å²) in [6.45, 7) is 2.12. The maximum Gasteiger partial charge on any atom is 0.251 e. The normalized spacial score (nSPS) is 17.8. The Hall–Kier alpha value is -2.15. The Morgan fingerprint density at radius 3 is 2.79 bits per heavy atom. The van der Waals surface area contributed by atoms with Gasteiger partial charge in [0.25, 0.3) is 5.91 Å². The molecule has 7 nitrogen and oxygen atoms in total. The van der Waals surface area contributed by atoms with E-state index in [4.69, 9.17) is 0 Å². The summed E-state index contributed by atoms with van der Waals surface area (Å²) in [6, 6.07) is 2.01. The van der Waals surface area contributed by atoms with E-state index in [9.17, 15) is 19.5 Å². The van der Waals surface area contributed by atoms with Gasteiger partial charge in [-0.05, 0) is 31.7 Å². The molecule has 2 atom stereocenters. The minimum atomic E-state index is -1.36. The Morgan fingerprint density at radius 1 is 1.46 bits per heavy atom. The molecule has 0 bridgehead atoms. The Balaban J connectivity index is 1.95. The highest BCUT2D eigenvalue weighted by Crippen LogP contribution is 2.22. The highest BCUT2D eigenvalue weighted by Gasteiger charge is 2.28. The Labute approximate surface area is 141 Å². The van der Waals surface area contributed by atoms with E-state index < -0.39 is 18.1 Å². The number of hydrogen-bond acceptors (Lipinski definition) is 4. The van der Waals surface area contributed by atoms with Crippen LogP contribution in [-0.2, 0) is 9.59 Å². The zero-order valence-electron chi connectivity index (χ0n) is 13.9. The van der Waals surface area contributed by atoms with Gasteiger partial charge in [0.15, 0.2) is 6.10 Å². The third-order valence-electron chi connectivity index (χ3n) is 4.62. The smallest absolute Gasteiger partial charge is 0.251 e. The number of pyridine rings is 1. The molecular formula is C17H25N3O4. The predicted octanol–water partition coefficient (Wildman–Crippen LogP) is 0.784. The van der Waals surface area contributed by atoms with Crippen molar-refractivity contribution in [2.75, 3.05) is 11.4 Å². The molecule has 2 unspecified atom stereocenters. The third-order valence-corrected chi connectivity index (χ3v) is 4.62. The zero-order valence-corrected chi connectivity index (χ0v) is 13.9. The number of carbonyl (C=O) groups is 2. The zero-order chi connectivity index (χ0) is 17.5. The Morgan fingerprint density at radius 2 is 2.17 bits per heavy atom. The standard InChI is InChI=1S/C17H25N3O4/c1-12(20(11-21)14-7-8-18-15(22)9-14)16(23)17(24)19-10-13-5-3-2-4-6-13/h7-9,11-13,16,23H,2-6,10H2,1H3,(H,18,22)(H,19,24). The van der Waals surface area contributed by atoms with E-state index in [1.54, 1.807) is 13.0 Å². The number of hydrogen-bond donors (Lipinski definition) is 3. The number of nitrogens with one attached hydrogen (secondary N) is 2. The van der Waals surface area contributed by atoms with Crippen LogP contribution in [0.3, 0.4) is 0 Å². The first-order valence-corrected chi connectivity index (χ1v) is 8.41. The van der Waals surface area contributed by atoms with E-state index in [-0.39, 0.29) is 5.56 Å². The molecule has 1 aliphatic carbocycles. The van der Waals surface area contributed by atoms with Gasteiger partial charge in [0.2, 0.25) is 12.0 Å². The lowest BCUT2D eigenvalue weighted by molar-refractivity contribution is -0.130. The molecule has 0 aromatic carbocycles. The van der Waals surface area contributed by atoms with Gasteiger partial charge in [0, 0.05) is 18.8 Å². The highest BCUT2D eigenvalue weighted by molar-refractivity contribution is 5.84. The van der Waals surface area contributed by atoms with Gasteiger partial charge in [-0.3, -0.25) is 14.4 Å². The SMILES string of the molecule is CC(C(O)C(=O)NCC1CCCCC1)N(C=O)c1cc[nH]c(=O)c1. The fourth-order valence-electron chi connectivity index (χ4n) is 3.10. The molecule has 1 aromatic heterocycles. The number of nitrogens with zero attached hydrogens (tertiary/aromatic N) is 1. The number of aromatic nitrogens is 1. The lowest BCUT2D eigenvalue weighted by atomic mass is 9.89. The summed E-state index contributed by atoms with van der Waals surface area (Å²) in [7, 11) is 0. The quantitative estimate of drug-likeness (QED) is 0.641. The van der Waals surface area contributed by atoms with E-state index in [0.29, 0.717) is 24.6 Å². The molecular weight excluding hydrogens is 310 g/mol. The summed E-state index contributed by atoms with van der Waals surface area (Å²) in [6.07, 6.45) is 6.36. The number of anilines is 1. The number of H-pyrrole nitrogens is 1. The number of aliphatic hydroxyl groups is 1. The summed E-state index contributed by atoms with van der Waals surface area (Å²) < 4.78 is 0. The molecule has 0 spiro atoms. The van der Waals surface area contributed by atoms with E-state index in [2.05, 4.69) is 10.3 Å². The van der Waals surface area contributed by atoms with E-state index in [1.807, 2.05) is 0 Å². The van der Waals surface area contributed by atoms with Crippen molar-refractivity contribution in [2.24, 2.45) is 5.92 Å². The van der Waals surface area contributed by atoms with E-state index in [0.717, 1.165) is 12.8 Å². The maximum atomic E-state index is 12.2. The molecule has 132 valence electrons. The summed E-state index contributed by atoms with van der Waals surface area (Å²) in [5.74, 6) is -0.0372. The van der Waals surface area contributed by atoms with E-state index in [1.165, 1.54) is 36.4 Å². The molecule has 1 fully saturated rings. The van der Waals surface area contributed by atoms with Crippen LogP contribution in [0.1, 0.15) is 39.0 Å². The molecule has 3 N–H and O–H groups in total. The van der Waals surface area contributed by atoms with Crippen LogP contribution in [0, 0.1) is 5.92 Å². The maximum absolute atomic E-state index is 12.2. The minimum absolute atomic E-state index is 0.334. The first-order chi connectivity index (χ1) is 11.5. The molecule has 1 aromatic rings. The first-order valence-electron chi connectivity index (χ1n) is 8.41. The van der Waals surface area contributed by atoms with Gasteiger partial charge in [-0.15, -0.1) is 0 Å². The molecule has 2 amide bonds. The minimum Gasteiger partial charge on any atom is -0.381 e. The van der Waals surface area contributed by atoms with Crippen molar-refractivity contribution in [3.63, 3.8) is 0 Å². The Bertz CT molecular complexity index is 610. The molecule has 2 rings (SSSR count). The van der Waals surface area contributed by atoms with Crippen molar-refractivity contribution in [3.8, 4) is 0 Å². The van der Waals surface area contributed by atoms with Crippen molar-refractivity contribution in [1.82, 2.24) is 10.3 Å². The lowest BCUT2D eigenvalue weighted by Gasteiger charge is -2.29. The van der Waals surface area contributed by atoms with Crippen LogP contribution in [-0.4, -0.2) is 41.1 Å². The van der Waals surface area contributed by atoms with Crippen LogP contribution < -0.4 is 15.8 Å². The molecule has 1 saturated carbocycles. The number of aliphatic hydroxyl groups excluding tert-OH is 1. The van der Waals surface area contributed by atoms with Gasteiger partial charge in [-0.2, -0.15) is 0 Å². The molecule has 0 saturated heterocycles. The molecule has 0 aliphatic heterocycles. The summed E-state index contributed by atoms with van der Waals surface area (Å²) in [4.78, 5) is 38.5. The lowest BCUT2D eigenvalue weighted by Crippen LogP contribution is -2.50. The topological polar surface area (TPSA) is 102 Å². The van der Waals surface area contributed by atoms with Crippen LogP contribution >= 0.6 is 0 Å². The summed E-state index contributed by atoms with van der Waals surface area (Å²) in [5, 5.41) is 13.0. The predicted molar refractivity (Wildman–Crippen MR) is 90.7 cm³/mol. The third kappa shape index (κ3) is 4.67. The second-order valence-electron chi connectivity index (χ2n) is 6.36. The van der Waals surface area contributed by atoms with Crippen molar-refractivity contribution >= 4 is 18.0 Å². The molecule has 7 heteroatoms. The summed E-state index contributed by atoms with van der Waals surface area (Å²) >= 11 is 0.